The van der Waals surface area contributed by atoms with Gasteiger partial charge in [-0.25, -0.2) is 4.98 Å². The summed E-state index contributed by atoms with van der Waals surface area (Å²) in [6.07, 6.45) is 5.01. The predicted molar refractivity (Wildman–Crippen MR) is 59.5 cm³/mol. The van der Waals surface area contributed by atoms with Crippen LogP contribution >= 0.6 is 22.6 Å². The highest BCUT2D eigenvalue weighted by Crippen LogP contribution is 1.95. The highest BCUT2D eigenvalue weighted by atomic mass is 127. The number of hydrogen-bond acceptors (Lipinski definition) is 3. The molecule has 0 fully saturated rings. The van der Waals surface area contributed by atoms with E-state index in [0.717, 1.165) is 12.8 Å². The molecule has 0 spiro atoms. The molecule has 5 heteroatoms. The van der Waals surface area contributed by atoms with Crippen molar-refractivity contribution in [2.45, 2.75) is 19.4 Å². The molecule has 2 N–H and O–H groups in total. The zero-order valence-corrected chi connectivity index (χ0v) is 9.40. The Labute approximate surface area is 90.3 Å². The molecule has 0 radical (unpaired) electrons. The molecule has 0 bridgehead atoms. The Morgan fingerprint density at radius 1 is 1.54 bits per heavy atom. The summed E-state index contributed by atoms with van der Waals surface area (Å²) in [5.74, 6) is 0. The summed E-state index contributed by atoms with van der Waals surface area (Å²) in [7, 11) is 0. The van der Waals surface area contributed by atoms with E-state index >= 15 is 0 Å². The van der Waals surface area contributed by atoms with Gasteiger partial charge in [-0.1, -0.05) is 0 Å². The summed E-state index contributed by atoms with van der Waals surface area (Å²) >= 11 is 1.99. The monoisotopic (exact) mass is 293 g/mol. The van der Waals surface area contributed by atoms with E-state index in [9.17, 15) is 4.79 Å². The normalized spacial score (nSPS) is 10.3. The lowest BCUT2D eigenvalue weighted by Gasteiger charge is -2.03. The van der Waals surface area contributed by atoms with E-state index in [2.05, 4.69) is 4.98 Å². The van der Waals surface area contributed by atoms with Crippen molar-refractivity contribution in [2.75, 3.05) is 6.54 Å². The van der Waals surface area contributed by atoms with Crippen LogP contribution in [0.4, 0.5) is 0 Å². The van der Waals surface area contributed by atoms with Crippen molar-refractivity contribution in [3.8, 4) is 0 Å². The molecular weight excluding hydrogens is 281 g/mol. The summed E-state index contributed by atoms with van der Waals surface area (Å²) in [6, 6.07) is 0. The second kappa shape index (κ2) is 5.33. The first-order chi connectivity index (χ1) is 6.25. The Kier molecular flexibility index (Phi) is 4.37. The van der Waals surface area contributed by atoms with Crippen molar-refractivity contribution in [1.29, 1.82) is 0 Å². The zero-order chi connectivity index (χ0) is 9.68. The highest BCUT2D eigenvalue weighted by molar-refractivity contribution is 14.1. The molecule has 0 aliphatic carbocycles. The molecule has 1 aromatic rings. The summed E-state index contributed by atoms with van der Waals surface area (Å²) in [4.78, 5) is 15.4. The van der Waals surface area contributed by atoms with Crippen LogP contribution in [0.5, 0.6) is 0 Å². The van der Waals surface area contributed by atoms with Crippen LogP contribution in [0.2, 0.25) is 0 Å². The largest absolute Gasteiger partial charge is 0.330 e. The molecule has 0 aliphatic rings. The van der Waals surface area contributed by atoms with E-state index in [0.29, 0.717) is 16.7 Å². The van der Waals surface area contributed by atoms with Gasteiger partial charge in [0.05, 0.1) is 9.90 Å². The predicted octanol–water partition coefficient (Wildman–Crippen LogP) is 0.587. The molecule has 0 saturated heterocycles. The average molecular weight is 293 g/mol. The number of aromatic nitrogens is 2. The van der Waals surface area contributed by atoms with Gasteiger partial charge in [0.25, 0.3) is 5.56 Å². The second-order valence-corrected chi connectivity index (χ2v) is 3.90. The Balaban J connectivity index is 2.67. The van der Waals surface area contributed by atoms with Crippen molar-refractivity contribution in [2.24, 2.45) is 5.73 Å². The van der Waals surface area contributed by atoms with Crippen LogP contribution in [-0.2, 0) is 6.54 Å². The Morgan fingerprint density at radius 3 is 3.00 bits per heavy atom. The SMILES string of the molecule is NCCCCn1cncc(I)c1=O. The molecule has 0 aromatic carbocycles. The van der Waals surface area contributed by atoms with Crippen molar-refractivity contribution in [3.05, 3.63) is 26.4 Å². The van der Waals surface area contributed by atoms with Crippen molar-refractivity contribution in [1.82, 2.24) is 9.55 Å². The standard InChI is InChI=1S/C8H12IN3O/c9-7-5-11-6-12(8(7)13)4-2-1-3-10/h5-6H,1-4,10H2. The molecule has 0 atom stereocenters. The van der Waals surface area contributed by atoms with E-state index in [-0.39, 0.29) is 5.56 Å². The molecule has 4 nitrogen and oxygen atoms in total. The van der Waals surface area contributed by atoms with E-state index < -0.39 is 0 Å². The summed E-state index contributed by atoms with van der Waals surface area (Å²) in [6.45, 7) is 1.38. The topological polar surface area (TPSA) is 60.9 Å². The summed E-state index contributed by atoms with van der Waals surface area (Å²) < 4.78 is 2.28. The van der Waals surface area contributed by atoms with Crippen molar-refractivity contribution >= 4 is 22.6 Å². The third-order valence-electron chi connectivity index (χ3n) is 1.71. The van der Waals surface area contributed by atoms with Crippen LogP contribution in [0.1, 0.15) is 12.8 Å². The average Bonchev–Trinajstić information content (AvgIpc) is 2.13. The van der Waals surface area contributed by atoms with Crippen LogP contribution in [0.3, 0.4) is 0 Å². The number of halogens is 1. The highest BCUT2D eigenvalue weighted by Gasteiger charge is 1.99. The van der Waals surface area contributed by atoms with Gasteiger partial charge in [0.1, 0.15) is 0 Å². The van der Waals surface area contributed by atoms with E-state index in [1.165, 1.54) is 0 Å². The van der Waals surface area contributed by atoms with Crippen LogP contribution in [-0.4, -0.2) is 16.1 Å². The third kappa shape index (κ3) is 3.07. The minimum atomic E-state index is 0.0348. The fraction of sp³-hybridized carbons (Fsp3) is 0.500. The molecule has 0 aliphatic heterocycles. The molecule has 72 valence electrons. The molecule has 13 heavy (non-hydrogen) atoms. The van der Waals surface area contributed by atoms with Gasteiger partial charge < -0.3 is 5.73 Å². The van der Waals surface area contributed by atoms with Crippen LogP contribution in [0.15, 0.2) is 17.3 Å². The lowest BCUT2D eigenvalue weighted by Crippen LogP contribution is -2.22. The molecular formula is C8H12IN3O. The van der Waals surface area contributed by atoms with Gasteiger partial charge in [-0.3, -0.25) is 9.36 Å². The maximum Gasteiger partial charge on any atom is 0.266 e. The fourth-order valence-corrected chi connectivity index (χ4v) is 1.48. The van der Waals surface area contributed by atoms with Gasteiger partial charge in [-0.15, -0.1) is 0 Å². The fourth-order valence-electron chi connectivity index (χ4n) is 1.01. The van der Waals surface area contributed by atoms with Gasteiger partial charge in [-0.2, -0.15) is 0 Å². The number of rotatable bonds is 4. The molecule has 0 unspecified atom stereocenters. The number of unbranched alkanes of at least 4 members (excludes halogenated alkanes) is 1. The Hall–Kier alpha value is -0.430. The number of nitrogens with zero attached hydrogens (tertiary/aromatic N) is 2. The van der Waals surface area contributed by atoms with E-state index in [4.69, 9.17) is 5.73 Å². The van der Waals surface area contributed by atoms with E-state index in [1.54, 1.807) is 17.1 Å². The minimum absolute atomic E-state index is 0.0348. The first-order valence-corrected chi connectivity index (χ1v) is 5.23. The van der Waals surface area contributed by atoms with Crippen LogP contribution in [0.25, 0.3) is 0 Å². The zero-order valence-electron chi connectivity index (χ0n) is 7.24. The van der Waals surface area contributed by atoms with Crippen molar-refractivity contribution in [3.63, 3.8) is 0 Å². The lowest BCUT2D eigenvalue weighted by molar-refractivity contribution is 0.587. The van der Waals surface area contributed by atoms with E-state index in [1.807, 2.05) is 22.6 Å². The molecule has 0 saturated carbocycles. The first kappa shape index (κ1) is 10.6. The summed E-state index contributed by atoms with van der Waals surface area (Å²) in [5.41, 5.74) is 5.39. The third-order valence-corrected chi connectivity index (χ3v) is 2.45. The molecule has 1 rings (SSSR count). The quantitative estimate of drug-likeness (QED) is 0.653. The molecule has 0 amide bonds. The Morgan fingerprint density at radius 2 is 2.31 bits per heavy atom. The van der Waals surface area contributed by atoms with Crippen LogP contribution < -0.4 is 11.3 Å². The molecule has 1 aromatic heterocycles. The number of hydrogen-bond donors (Lipinski definition) is 1. The maximum atomic E-state index is 11.4. The van der Waals surface area contributed by atoms with Gasteiger partial charge in [-0.05, 0) is 42.0 Å². The van der Waals surface area contributed by atoms with Gasteiger partial charge in [0.15, 0.2) is 0 Å². The first-order valence-electron chi connectivity index (χ1n) is 4.15. The van der Waals surface area contributed by atoms with Gasteiger partial charge in [0.2, 0.25) is 0 Å². The van der Waals surface area contributed by atoms with Crippen LogP contribution in [0, 0.1) is 3.57 Å². The van der Waals surface area contributed by atoms with Gasteiger partial charge >= 0.3 is 0 Å². The van der Waals surface area contributed by atoms with Crippen molar-refractivity contribution < 1.29 is 0 Å². The summed E-state index contributed by atoms with van der Waals surface area (Å²) in [5, 5.41) is 0. The number of aryl methyl sites for hydroxylation is 1. The Bertz CT molecular complexity index is 323. The maximum absolute atomic E-state index is 11.4. The lowest BCUT2D eigenvalue weighted by atomic mass is 10.3. The van der Waals surface area contributed by atoms with Gasteiger partial charge in [0, 0.05) is 12.7 Å². The number of nitrogens with two attached hydrogens (primary N) is 1. The molecule has 1 heterocycles. The second-order valence-electron chi connectivity index (χ2n) is 2.74. The minimum Gasteiger partial charge on any atom is -0.330 e. The smallest absolute Gasteiger partial charge is 0.266 e.